The molecule has 2 nitrogen and oxygen atoms in total. The van der Waals surface area contributed by atoms with E-state index in [1.807, 2.05) is 6.07 Å². The second-order valence-corrected chi connectivity index (χ2v) is 6.03. The Morgan fingerprint density at radius 2 is 2.10 bits per heavy atom. The molecule has 1 heterocycles. The molecule has 1 N–H and O–H groups in total. The predicted molar refractivity (Wildman–Crippen MR) is 81.6 cm³/mol. The van der Waals surface area contributed by atoms with Gasteiger partial charge in [0, 0.05) is 24.3 Å². The second kappa shape index (κ2) is 6.57. The zero-order valence-corrected chi connectivity index (χ0v) is 12.8. The van der Waals surface area contributed by atoms with Crippen LogP contribution in [0.4, 0.5) is 10.1 Å². The van der Waals surface area contributed by atoms with Gasteiger partial charge in [-0.1, -0.05) is 13.3 Å². The van der Waals surface area contributed by atoms with E-state index in [0.717, 1.165) is 24.7 Å². The van der Waals surface area contributed by atoms with Crippen molar-refractivity contribution in [2.45, 2.75) is 52.6 Å². The zero-order valence-electron chi connectivity index (χ0n) is 12.8. The van der Waals surface area contributed by atoms with E-state index < -0.39 is 6.10 Å². The van der Waals surface area contributed by atoms with Crippen LogP contribution in [0.15, 0.2) is 12.1 Å². The number of rotatable bonds is 3. The Balaban J connectivity index is 2.29. The maximum absolute atomic E-state index is 13.8. The van der Waals surface area contributed by atoms with Crippen molar-refractivity contribution in [3.8, 4) is 0 Å². The van der Waals surface area contributed by atoms with Gasteiger partial charge in [-0.2, -0.15) is 0 Å². The first-order valence-electron chi connectivity index (χ1n) is 7.76. The summed E-state index contributed by atoms with van der Waals surface area (Å²) in [6.45, 7) is 7.76. The van der Waals surface area contributed by atoms with E-state index in [9.17, 15) is 9.50 Å². The van der Waals surface area contributed by atoms with Gasteiger partial charge in [-0.15, -0.1) is 0 Å². The van der Waals surface area contributed by atoms with Crippen molar-refractivity contribution >= 4 is 5.69 Å². The normalized spacial score (nSPS) is 21.6. The average Bonchev–Trinajstić information content (AvgIpc) is 2.66. The Morgan fingerprint density at radius 1 is 1.35 bits per heavy atom. The zero-order chi connectivity index (χ0) is 14.7. The molecule has 0 aromatic heterocycles. The number of halogens is 1. The number of benzene rings is 1. The minimum absolute atomic E-state index is 0.231. The van der Waals surface area contributed by atoms with Gasteiger partial charge in [-0.3, -0.25) is 0 Å². The number of anilines is 1. The monoisotopic (exact) mass is 279 g/mol. The Hall–Kier alpha value is -1.09. The second-order valence-electron chi connectivity index (χ2n) is 6.03. The fraction of sp³-hybridized carbons (Fsp3) is 0.647. The van der Waals surface area contributed by atoms with Crippen LogP contribution in [0.2, 0.25) is 0 Å². The van der Waals surface area contributed by atoms with Crippen LogP contribution in [-0.4, -0.2) is 18.2 Å². The van der Waals surface area contributed by atoms with Gasteiger partial charge in [0.25, 0.3) is 0 Å². The summed E-state index contributed by atoms with van der Waals surface area (Å²) in [6, 6.07) is 3.39. The molecule has 0 saturated carbocycles. The van der Waals surface area contributed by atoms with Crippen molar-refractivity contribution in [3.05, 3.63) is 29.1 Å². The molecule has 0 radical (unpaired) electrons. The van der Waals surface area contributed by atoms with E-state index in [-0.39, 0.29) is 5.82 Å². The highest BCUT2D eigenvalue weighted by molar-refractivity contribution is 5.57. The average molecular weight is 279 g/mol. The largest absolute Gasteiger partial charge is 0.389 e. The molecule has 0 bridgehead atoms. The van der Waals surface area contributed by atoms with Crippen LogP contribution in [0.5, 0.6) is 0 Å². The van der Waals surface area contributed by atoms with Gasteiger partial charge >= 0.3 is 0 Å². The molecule has 2 atom stereocenters. The minimum atomic E-state index is -0.634. The number of aliphatic hydroxyl groups is 1. The summed E-state index contributed by atoms with van der Waals surface area (Å²) in [5.74, 6) is 0.572. The third-order valence-electron chi connectivity index (χ3n) is 4.52. The molecule has 3 heteroatoms. The number of hydrogen-bond acceptors (Lipinski definition) is 2. The lowest BCUT2D eigenvalue weighted by molar-refractivity contribution is 0.199. The summed E-state index contributed by atoms with van der Waals surface area (Å²) in [6.07, 6.45) is 4.24. The molecule has 1 unspecified atom stereocenters. The highest BCUT2D eigenvalue weighted by atomic mass is 19.1. The molecule has 112 valence electrons. The lowest BCUT2D eigenvalue weighted by Gasteiger charge is -2.27. The van der Waals surface area contributed by atoms with E-state index in [2.05, 4.69) is 11.8 Å². The summed E-state index contributed by atoms with van der Waals surface area (Å²) in [4.78, 5) is 2.32. The molecule has 1 saturated heterocycles. The fourth-order valence-corrected chi connectivity index (χ4v) is 3.10. The van der Waals surface area contributed by atoms with E-state index in [1.54, 1.807) is 13.8 Å². The van der Waals surface area contributed by atoms with Crippen LogP contribution in [0.3, 0.4) is 0 Å². The van der Waals surface area contributed by atoms with Gasteiger partial charge < -0.3 is 10.0 Å². The van der Waals surface area contributed by atoms with E-state index in [4.69, 9.17) is 0 Å². The van der Waals surface area contributed by atoms with Crippen LogP contribution in [0, 0.1) is 18.7 Å². The summed E-state index contributed by atoms with van der Waals surface area (Å²) >= 11 is 0. The van der Waals surface area contributed by atoms with Crippen molar-refractivity contribution < 1.29 is 9.50 Å². The van der Waals surface area contributed by atoms with Crippen molar-refractivity contribution in [3.63, 3.8) is 0 Å². The third kappa shape index (κ3) is 3.32. The maximum atomic E-state index is 13.8. The van der Waals surface area contributed by atoms with Crippen molar-refractivity contribution in [1.29, 1.82) is 0 Å². The number of hydrogen-bond donors (Lipinski definition) is 1. The molecule has 0 spiro atoms. The molecule has 1 aromatic carbocycles. The Kier molecular flexibility index (Phi) is 5.03. The van der Waals surface area contributed by atoms with Crippen LogP contribution < -0.4 is 4.90 Å². The summed E-state index contributed by atoms with van der Waals surface area (Å²) in [5, 5.41) is 9.93. The highest BCUT2D eigenvalue weighted by Crippen LogP contribution is 2.32. The fourth-order valence-electron chi connectivity index (χ4n) is 3.10. The molecule has 0 aliphatic carbocycles. The molecule has 20 heavy (non-hydrogen) atoms. The standard InChI is InChI=1S/C17H26FNO/c1-4-14-6-5-8-19(9-7-14)17-10-12(2)16(18)11-15(17)13(3)20/h10-11,13-14,20H,4-9H2,1-3H3/t13-,14?/m1/s1. The van der Waals surface area contributed by atoms with E-state index in [1.165, 1.54) is 31.7 Å². The molecular formula is C17H26FNO. The molecule has 1 aromatic rings. The summed E-state index contributed by atoms with van der Waals surface area (Å²) in [7, 11) is 0. The lowest BCUT2D eigenvalue weighted by Crippen LogP contribution is -2.26. The van der Waals surface area contributed by atoms with Gasteiger partial charge in [0.1, 0.15) is 5.82 Å². The Bertz CT molecular complexity index is 459. The van der Waals surface area contributed by atoms with E-state index >= 15 is 0 Å². The Labute approximate surface area is 121 Å². The number of aryl methyl sites for hydroxylation is 1. The number of aliphatic hydroxyl groups excluding tert-OH is 1. The van der Waals surface area contributed by atoms with Crippen LogP contribution >= 0.6 is 0 Å². The van der Waals surface area contributed by atoms with Crippen molar-refractivity contribution in [2.75, 3.05) is 18.0 Å². The van der Waals surface area contributed by atoms with Crippen LogP contribution in [0.1, 0.15) is 56.8 Å². The summed E-state index contributed by atoms with van der Waals surface area (Å²) in [5.41, 5.74) is 2.37. The minimum Gasteiger partial charge on any atom is -0.389 e. The van der Waals surface area contributed by atoms with E-state index in [0.29, 0.717) is 11.1 Å². The maximum Gasteiger partial charge on any atom is 0.126 e. The molecule has 0 amide bonds. The van der Waals surface area contributed by atoms with Gasteiger partial charge in [0.05, 0.1) is 6.10 Å². The van der Waals surface area contributed by atoms with Gasteiger partial charge in [-0.05, 0) is 56.7 Å². The van der Waals surface area contributed by atoms with Crippen molar-refractivity contribution in [1.82, 2.24) is 0 Å². The Morgan fingerprint density at radius 3 is 2.75 bits per heavy atom. The predicted octanol–water partition coefficient (Wildman–Crippen LogP) is 4.20. The van der Waals surface area contributed by atoms with Crippen molar-refractivity contribution in [2.24, 2.45) is 5.92 Å². The van der Waals surface area contributed by atoms with Crippen LogP contribution in [0.25, 0.3) is 0 Å². The quantitative estimate of drug-likeness (QED) is 0.896. The van der Waals surface area contributed by atoms with Gasteiger partial charge in [0.15, 0.2) is 0 Å². The third-order valence-corrected chi connectivity index (χ3v) is 4.52. The topological polar surface area (TPSA) is 23.5 Å². The smallest absolute Gasteiger partial charge is 0.126 e. The first-order chi connectivity index (χ1) is 9.52. The lowest BCUT2D eigenvalue weighted by atomic mass is 9.98. The SMILES string of the molecule is CCC1CCCN(c2cc(C)c(F)cc2[C@@H](C)O)CC1. The first kappa shape index (κ1) is 15.3. The first-order valence-corrected chi connectivity index (χ1v) is 7.76. The molecular weight excluding hydrogens is 253 g/mol. The van der Waals surface area contributed by atoms with Gasteiger partial charge in [-0.25, -0.2) is 4.39 Å². The van der Waals surface area contributed by atoms with Crippen LogP contribution in [-0.2, 0) is 0 Å². The summed E-state index contributed by atoms with van der Waals surface area (Å²) < 4.78 is 13.8. The van der Waals surface area contributed by atoms with Gasteiger partial charge in [0.2, 0.25) is 0 Å². The molecule has 1 fully saturated rings. The number of nitrogens with zero attached hydrogens (tertiary/aromatic N) is 1. The molecule has 1 aliphatic heterocycles. The molecule has 2 rings (SSSR count). The highest BCUT2D eigenvalue weighted by Gasteiger charge is 2.20. The molecule has 1 aliphatic rings.